The van der Waals surface area contributed by atoms with Crippen molar-refractivity contribution < 1.29 is 18.3 Å². The van der Waals surface area contributed by atoms with Crippen LogP contribution in [0.4, 0.5) is 8.78 Å². The monoisotopic (exact) mass is 294 g/mol. The summed E-state index contributed by atoms with van der Waals surface area (Å²) in [5, 5.41) is 4.03. The Hall–Kier alpha value is -2.24. The van der Waals surface area contributed by atoms with E-state index >= 15 is 0 Å². The molecule has 0 N–H and O–H groups in total. The lowest BCUT2D eigenvalue weighted by atomic mass is 10.1. The molecular formula is C15H16F2N2O2. The number of carbonyl (C=O) groups excluding carboxylic acids is 1. The Balaban J connectivity index is 1.86. The molecule has 1 aromatic heterocycles. The Kier molecular flexibility index (Phi) is 4.67. The van der Waals surface area contributed by atoms with Crippen LogP contribution >= 0.6 is 0 Å². The molecule has 112 valence electrons. The second-order valence-corrected chi connectivity index (χ2v) is 4.84. The Morgan fingerprint density at radius 2 is 2.10 bits per heavy atom. The SMILES string of the molecule is Cc1cc(F)c(C(=O)OCCCc2cnn(C)c2)cc1F. The van der Waals surface area contributed by atoms with E-state index in [-0.39, 0.29) is 17.7 Å². The number of ether oxygens (including phenoxy) is 1. The van der Waals surface area contributed by atoms with Crippen molar-refractivity contribution in [3.63, 3.8) is 0 Å². The van der Waals surface area contributed by atoms with Gasteiger partial charge in [0.1, 0.15) is 11.6 Å². The topological polar surface area (TPSA) is 44.1 Å². The molecule has 0 atom stereocenters. The fourth-order valence-corrected chi connectivity index (χ4v) is 1.92. The Morgan fingerprint density at radius 1 is 1.33 bits per heavy atom. The molecule has 0 bridgehead atoms. The van der Waals surface area contributed by atoms with Gasteiger partial charge in [0, 0.05) is 13.2 Å². The van der Waals surface area contributed by atoms with Gasteiger partial charge in [0.05, 0.1) is 18.4 Å². The van der Waals surface area contributed by atoms with Crippen LogP contribution in [0.15, 0.2) is 24.5 Å². The number of hydrogen-bond donors (Lipinski definition) is 0. The highest BCUT2D eigenvalue weighted by atomic mass is 19.1. The molecule has 0 spiro atoms. The normalized spacial score (nSPS) is 10.7. The number of halogens is 2. The second kappa shape index (κ2) is 6.47. The number of carbonyl (C=O) groups is 1. The smallest absolute Gasteiger partial charge is 0.341 e. The van der Waals surface area contributed by atoms with Gasteiger partial charge >= 0.3 is 5.97 Å². The molecule has 4 nitrogen and oxygen atoms in total. The third kappa shape index (κ3) is 3.87. The molecule has 0 radical (unpaired) electrons. The summed E-state index contributed by atoms with van der Waals surface area (Å²) in [5.41, 5.74) is 0.807. The van der Waals surface area contributed by atoms with E-state index in [1.54, 1.807) is 10.9 Å². The number of aryl methyl sites for hydroxylation is 3. The fraction of sp³-hybridized carbons (Fsp3) is 0.333. The first-order valence-electron chi connectivity index (χ1n) is 6.57. The molecule has 0 fully saturated rings. The van der Waals surface area contributed by atoms with Crippen LogP contribution in [0.25, 0.3) is 0 Å². The van der Waals surface area contributed by atoms with Gasteiger partial charge in [-0.05, 0) is 43.0 Å². The average molecular weight is 294 g/mol. The molecule has 2 aromatic rings. The molecule has 6 heteroatoms. The van der Waals surface area contributed by atoms with Gasteiger partial charge in [-0.1, -0.05) is 0 Å². The van der Waals surface area contributed by atoms with Crippen molar-refractivity contribution in [3.05, 3.63) is 52.9 Å². The second-order valence-electron chi connectivity index (χ2n) is 4.84. The highest BCUT2D eigenvalue weighted by molar-refractivity contribution is 5.89. The van der Waals surface area contributed by atoms with Gasteiger partial charge in [0.2, 0.25) is 0 Å². The minimum absolute atomic E-state index is 0.142. The first-order chi connectivity index (χ1) is 9.97. The van der Waals surface area contributed by atoms with E-state index in [1.165, 1.54) is 6.92 Å². The highest BCUT2D eigenvalue weighted by Crippen LogP contribution is 2.15. The van der Waals surface area contributed by atoms with Gasteiger partial charge in [-0.3, -0.25) is 4.68 Å². The van der Waals surface area contributed by atoms with Crippen LogP contribution < -0.4 is 0 Å². The van der Waals surface area contributed by atoms with Crippen LogP contribution in [-0.2, 0) is 18.2 Å². The van der Waals surface area contributed by atoms with Gasteiger partial charge in [-0.15, -0.1) is 0 Å². The van der Waals surface area contributed by atoms with Crippen LogP contribution in [0, 0.1) is 18.6 Å². The van der Waals surface area contributed by atoms with Gasteiger partial charge in [0.15, 0.2) is 0 Å². The maximum Gasteiger partial charge on any atom is 0.341 e. The molecule has 0 saturated carbocycles. The van der Waals surface area contributed by atoms with Gasteiger partial charge in [0.25, 0.3) is 0 Å². The molecule has 0 aliphatic carbocycles. The Morgan fingerprint density at radius 3 is 2.76 bits per heavy atom. The van der Waals surface area contributed by atoms with Gasteiger partial charge < -0.3 is 4.74 Å². The molecule has 0 aliphatic rings. The number of rotatable bonds is 5. The maximum absolute atomic E-state index is 13.6. The largest absolute Gasteiger partial charge is 0.462 e. The minimum Gasteiger partial charge on any atom is -0.462 e. The van der Waals surface area contributed by atoms with E-state index in [2.05, 4.69) is 5.10 Å². The summed E-state index contributed by atoms with van der Waals surface area (Å²) >= 11 is 0. The molecule has 0 aliphatic heterocycles. The third-order valence-electron chi connectivity index (χ3n) is 3.07. The molecule has 0 amide bonds. The Bertz CT molecular complexity index is 653. The van der Waals surface area contributed by atoms with Crippen molar-refractivity contribution in [2.75, 3.05) is 6.61 Å². The summed E-state index contributed by atoms with van der Waals surface area (Å²) in [6.07, 6.45) is 4.90. The predicted molar refractivity (Wildman–Crippen MR) is 72.9 cm³/mol. The molecule has 1 heterocycles. The van der Waals surface area contributed by atoms with Crippen molar-refractivity contribution in [1.82, 2.24) is 9.78 Å². The first-order valence-corrected chi connectivity index (χ1v) is 6.57. The lowest BCUT2D eigenvalue weighted by molar-refractivity contribution is 0.0494. The molecule has 0 saturated heterocycles. The van der Waals surface area contributed by atoms with Crippen molar-refractivity contribution in [1.29, 1.82) is 0 Å². The molecule has 21 heavy (non-hydrogen) atoms. The summed E-state index contributed by atoms with van der Waals surface area (Å²) in [6, 6.07) is 1.86. The molecule has 1 aromatic carbocycles. The van der Waals surface area contributed by atoms with E-state index in [0.717, 1.165) is 17.7 Å². The zero-order valence-electron chi connectivity index (χ0n) is 11.9. The highest BCUT2D eigenvalue weighted by Gasteiger charge is 2.15. The molecular weight excluding hydrogens is 278 g/mol. The third-order valence-corrected chi connectivity index (χ3v) is 3.07. The van der Waals surface area contributed by atoms with E-state index in [9.17, 15) is 13.6 Å². The van der Waals surface area contributed by atoms with Crippen molar-refractivity contribution in [2.24, 2.45) is 7.05 Å². The maximum atomic E-state index is 13.6. The lowest BCUT2D eigenvalue weighted by Gasteiger charge is -2.06. The standard InChI is InChI=1S/C15H16F2N2O2/c1-10-6-14(17)12(7-13(10)16)15(20)21-5-3-4-11-8-18-19(2)9-11/h6-9H,3-5H2,1-2H3. The quantitative estimate of drug-likeness (QED) is 0.629. The van der Waals surface area contributed by atoms with Crippen LogP contribution in [0.2, 0.25) is 0 Å². The minimum atomic E-state index is -0.849. The summed E-state index contributed by atoms with van der Waals surface area (Å²) in [7, 11) is 1.82. The number of nitrogens with zero attached hydrogens (tertiary/aromatic N) is 2. The van der Waals surface area contributed by atoms with E-state index in [0.29, 0.717) is 12.8 Å². The summed E-state index contributed by atoms with van der Waals surface area (Å²) < 4.78 is 33.6. The van der Waals surface area contributed by atoms with Gasteiger partial charge in [-0.25, -0.2) is 13.6 Å². The van der Waals surface area contributed by atoms with Crippen LogP contribution in [0.3, 0.4) is 0 Å². The summed E-state index contributed by atoms with van der Waals surface area (Å²) in [4.78, 5) is 11.7. The summed E-state index contributed by atoms with van der Waals surface area (Å²) in [5.74, 6) is -2.25. The zero-order valence-corrected chi connectivity index (χ0v) is 11.9. The number of aromatic nitrogens is 2. The average Bonchev–Trinajstić information content (AvgIpc) is 2.84. The number of esters is 1. The van der Waals surface area contributed by atoms with Gasteiger partial charge in [-0.2, -0.15) is 5.10 Å². The van der Waals surface area contributed by atoms with E-state index in [4.69, 9.17) is 4.74 Å². The van der Waals surface area contributed by atoms with Crippen LogP contribution in [0.1, 0.15) is 27.9 Å². The van der Waals surface area contributed by atoms with E-state index in [1.807, 2.05) is 13.2 Å². The van der Waals surface area contributed by atoms with Crippen molar-refractivity contribution >= 4 is 5.97 Å². The predicted octanol–water partition coefficient (Wildman–Crippen LogP) is 2.80. The Labute approximate surface area is 121 Å². The summed E-state index contributed by atoms with van der Waals surface area (Å²) in [6.45, 7) is 1.57. The molecule has 2 rings (SSSR count). The van der Waals surface area contributed by atoms with Crippen LogP contribution in [-0.4, -0.2) is 22.4 Å². The van der Waals surface area contributed by atoms with Crippen molar-refractivity contribution in [3.8, 4) is 0 Å². The number of benzene rings is 1. The van der Waals surface area contributed by atoms with Crippen molar-refractivity contribution in [2.45, 2.75) is 19.8 Å². The van der Waals surface area contributed by atoms with E-state index < -0.39 is 17.6 Å². The number of hydrogen-bond acceptors (Lipinski definition) is 3. The molecule has 0 unspecified atom stereocenters. The lowest BCUT2D eigenvalue weighted by Crippen LogP contribution is -2.10. The fourth-order valence-electron chi connectivity index (χ4n) is 1.92. The first kappa shape index (κ1) is 15.2. The zero-order chi connectivity index (χ0) is 15.4. The van der Waals surface area contributed by atoms with Crippen LogP contribution in [0.5, 0.6) is 0 Å².